The molecule has 1 atom stereocenters. The zero-order chi connectivity index (χ0) is 12.4. The van der Waals surface area contributed by atoms with Crippen molar-refractivity contribution in [2.45, 2.75) is 6.04 Å². The summed E-state index contributed by atoms with van der Waals surface area (Å²) in [7, 11) is 1.89. The Hall–Kier alpha value is -2.34. The van der Waals surface area contributed by atoms with E-state index in [4.69, 9.17) is 0 Å². The third kappa shape index (κ3) is 1.72. The molecular formula is C12H12N6. The zero-order valence-corrected chi connectivity index (χ0v) is 9.85. The fourth-order valence-electron chi connectivity index (χ4n) is 2.00. The van der Waals surface area contributed by atoms with Gasteiger partial charge in [0, 0.05) is 30.4 Å². The van der Waals surface area contributed by atoms with Gasteiger partial charge in [-0.05, 0) is 7.05 Å². The van der Waals surface area contributed by atoms with Gasteiger partial charge in [-0.1, -0.05) is 0 Å². The largest absolute Gasteiger partial charge is 0.308 e. The summed E-state index contributed by atoms with van der Waals surface area (Å²) in [5.41, 5.74) is 2.85. The first-order chi connectivity index (χ1) is 8.90. The Balaban J connectivity index is 2.12. The Morgan fingerprint density at radius 2 is 2.00 bits per heavy atom. The molecule has 1 N–H and O–H groups in total. The van der Waals surface area contributed by atoms with Crippen molar-refractivity contribution in [2.24, 2.45) is 0 Å². The van der Waals surface area contributed by atoms with Crippen LogP contribution in [0.4, 0.5) is 0 Å². The minimum atomic E-state index is -0.0413. The van der Waals surface area contributed by atoms with Crippen LogP contribution in [0.2, 0.25) is 0 Å². The molecule has 6 nitrogen and oxygen atoms in total. The molecule has 0 aliphatic heterocycles. The number of nitrogens with zero attached hydrogens (tertiary/aromatic N) is 5. The summed E-state index contributed by atoms with van der Waals surface area (Å²) in [4.78, 5) is 12.6. The van der Waals surface area contributed by atoms with Gasteiger partial charge >= 0.3 is 0 Å². The van der Waals surface area contributed by atoms with Crippen LogP contribution in [0.3, 0.4) is 0 Å². The van der Waals surface area contributed by atoms with Gasteiger partial charge in [0.25, 0.3) is 0 Å². The van der Waals surface area contributed by atoms with Gasteiger partial charge in [-0.3, -0.25) is 15.0 Å². The Kier molecular flexibility index (Phi) is 2.70. The lowest BCUT2D eigenvalue weighted by Gasteiger charge is -2.13. The van der Waals surface area contributed by atoms with Crippen molar-refractivity contribution in [1.29, 1.82) is 0 Å². The maximum atomic E-state index is 4.33. The van der Waals surface area contributed by atoms with Gasteiger partial charge in [-0.25, -0.2) is 4.52 Å². The maximum Gasteiger partial charge on any atom is 0.0896 e. The Morgan fingerprint density at radius 3 is 2.78 bits per heavy atom. The van der Waals surface area contributed by atoms with E-state index in [9.17, 15) is 0 Å². The van der Waals surface area contributed by atoms with Gasteiger partial charge in [0.2, 0.25) is 0 Å². The van der Waals surface area contributed by atoms with E-state index < -0.39 is 0 Å². The second-order valence-corrected chi connectivity index (χ2v) is 3.86. The van der Waals surface area contributed by atoms with Crippen molar-refractivity contribution in [3.8, 4) is 0 Å². The van der Waals surface area contributed by atoms with Crippen LogP contribution in [0, 0.1) is 0 Å². The standard InChI is InChI=1S/C12H12N6/c1-13-12(10-7-14-2-3-16-10)9-6-17-18-5-4-15-8-11(9)18/h2-8,12-13H,1H3. The first-order valence-corrected chi connectivity index (χ1v) is 5.60. The molecule has 3 aromatic rings. The fraction of sp³-hybridized carbons (Fsp3) is 0.167. The molecule has 0 saturated heterocycles. The van der Waals surface area contributed by atoms with Crippen molar-refractivity contribution in [1.82, 2.24) is 29.9 Å². The van der Waals surface area contributed by atoms with Gasteiger partial charge in [0.05, 0.1) is 35.8 Å². The summed E-state index contributed by atoms with van der Waals surface area (Å²) >= 11 is 0. The third-order valence-electron chi connectivity index (χ3n) is 2.83. The summed E-state index contributed by atoms with van der Waals surface area (Å²) < 4.78 is 1.79. The first-order valence-electron chi connectivity index (χ1n) is 5.60. The predicted octanol–water partition coefficient (Wildman–Crippen LogP) is 0.828. The summed E-state index contributed by atoms with van der Waals surface area (Å²) in [6.07, 6.45) is 12.2. The predicted molar refractivity (Wildman–Crippen MR) is 65.9 cm³/mol. The number of fused-ring (bicyclic) bond motifs is 1. The number of nitrogens with one attached hydrogen (secondary N) is 1. The lowest BCUT2D eigenvalue weighted by molar-refractivity contribution is 0.671. The zero-order valence-electron chi connectivity index (χ0n) is 9.85. The lowest BCUT2D eigenvalue weighted by Crippen LogP contribution is -2.18. The molecule has 90 valence electrons. The highest BCUT2D eigenvalue weighted by Crippen LogP contribution is 2.22. The van der Waals surface area contributed by atoms with Crippen molar-refractivity contribution in [2.75, 3.05) is 7.05 Å². The van der Waals surface area contributed by atoms with Gasteiger partial charge in [0.15, 0.2) is 0 Å². The molecule has 0 bridgehead atoms. The second-order valence-electron chi connectivity index (χ2n) is 3.86. The molecule has 0 aromatic carbocycles. The van der Waals surface area contributed by atoms with E-state index in [2.05, 4.69) is 25.4 Å². The van der Waals surface area contributed by atoms with Crippen LogP contribution in [0.5, 0.6) is 0 Å². The molecule has 0 amide bonds. The van der Waals surface area contributed by atoms with Gasteiger partial charge in [-0.15, -0.1) is 0 Å². The van der Waals surface area contributed by atoms with Crippen LogP contribution in [-0.4, -0.2) is 31.6 Å². The van der Waals surface area contributed by atoms with Gasteiger partial charge in [-0.2, -0.15) is 5.10 Å². The van der Waals surface area contributed by atoms with Crippen LogP contribution in [0.1, 0.15) is 17.3 Å². The summed E-state index contributed by atoms with van der Waals surface area (Å²) in [5.74, 6) is 0. The van der Waals surface area contributed by atoms with Gasteiger partial charge in [0.1, 0.15) is 0 Å². The average Bonchev–Trinajstić information content (AvgIpc) is 2.85. The molecule has 0 spiro atoms. The molecule has 18 heavy (non-hydrogen) atoms. The lowest BCUT2D eigenvalue weighted by atomic mass is 10.1. The molecule has 0 aliphatic rings. The molecule has 1 unspecified atom stereocenters. The van der Waals surface area contributed by atoms with E-state index in [1.54, 1.807) is 35.5 Å². The van der Waals surface area contributed by atoms with Crippen molar-refractivity contribution >= 4 is 5.52 Å². The van der Waals surface area contributed by atoms with Crippen LogP contribution in [0.25, 0.3) is 5.52 Å². The third-order valence-corrected chi connectivity index (χ3v) is 2.83. The molecule has 3 heterocycles. The summed E-state index contributed by atoms with van der Waals surface area (Å²) in [6.45, 7) is 0. The molecule has 6 heteroatoms. The van der Waals surface area contributed by atoms with Crippen LogP contribution >= 0.6 is 0 Å². The Labute approximate surface area is 104 Å². The number of hydrogen-bond donors (Lipinski definition) is 1. The van der Waals surface area contributed by atoms with Crippen molar-refractivity contribution < 1.29 is 0 Å². The van der Waals surface area contributed by atoms with Crippen LogP contribution in [-0.2, 0) is 0 Å². The minimum Gasteiger partial charge on any atom is -0.308 e. The van der Waals surface area contributed by atoms with Crippen molar-refractivity contribution in [3.05, 3.63) is 54.6 Å². The molecule has 0 fully saturated rings. The van der Waals surface area contributed by atoms with E-state index in [1.165, 1.54) is 0 Å². The summed E-state index contributed by atoms with van der Waals surface area (Å²) in [5, 5.41) is 7.53. The summed E-state index contributed by atoms with van der Waals surface area (Å²) in [6, 6.07) is -0.0413. The van der Waals surface area contributed by atoms with Crippen LogP contribution in [0.15, 0.2) is 43.4 Å². The highest BCUT2D eigenvalue weighted by Gasteiger charge is 2.17. The molecule has 0 radical (unpaired) electrons. The van der Waals surface area contributed by atoms with E-state index >= 15 is 0 Å². The van der Waals surface area contributed by atoms with Gasteiger partial charge < -0.3 is 5.32 Å². The monoisotopic (exact) mass is 240 g/mol. The topological polar surface area (TPSA) is 68.0 Å². The van der Waals surface area contributed by atoms with E-state index in [0.29, 0.717) is 0 Å². The molecule has 0 saturated carbocycles. The normalized spacial score (nSPS) is 12.7. The highest BCUT2D eigenvalue weighted by molar-refractivity contribution is 5.54. The second kappa shape index (κ2) is 4.50. The van der Waals surface area contributed by atoms with Crippen LogP contribution < -0.4 is 5.32 Å². The molecule has 3 rings (SSSR count). The molecule has 0 aliphatic carbocycles. The smallest absolute Gasteiger partial charge is 0.0896 e. The van der Waals surface area contributed by atoms with E-state index in [1.807, 2.05) is 19.4 Å². The fourth-order valence-corrected chi connectivity index (χ4v) is 2.00. The molecular weight excluding hydrogens is 228 g/mol. The quantitative estimate of drug-likeness (QED) is 0.734. The number of aromatic nitrogens is 5. The molecule has 3 aromatic heterocycles. The number of rotatable bonds is 3. The number of hydrogen-bond acceptors (Lipinski definition) is 5. The van der Waals surface area contributed by atoms with Crippen molar-refractivity contribution in [3.63, 3.8) is 0 Å². The maximum absolute atomic E-state index is 4.33. The Morgan fingerprint density at radius 1 is 1.11 bits per heavy atom. The van der Waals surface area contributed by atoms with E-state index in [-0.39, 0.29) is 6.04 Å². The van der Waals surface area contributed by atoms with E-state index in [0.717, 1.165) is 16.8 Å². The highest BCUT2D eigenvalue weighted by atomic mass is 15.2. The SMILES string of the molecule is CNC(c1cnccn1)c1cnn2ccncc12. The first kappa shape index (κ1) is 10.8. The average molecular weight is 240 g/mol. The Bertz CT molecular complexity index is 648. The minimum absolute atomic E-state index is 0.0413.